The lowest BCUT2D eigenvalue weighted by Gasteiger charge is -2.18. The summed E-state index contributed by atoms with van der Waals surface area (Å²) in [6.07, 6.45) is 3.23. The van der Waals surface area contributed by atoms with Crippen molar-refractivity contribution in [3.05, 3.63) is 29.3 Å². The van der Waals surface area contributed by atoms with Crippen LogP contribution in [0.25, 0.3) is 0 Å². The Balaban J connectivity index is 1.98. The van der Waals surface area contributed by atoms with Gasteiger partial charge in [-0.25, -0.2) is 0 Å². The van der Waals surface area contributed by atoms with E-state index in [0.717, 1.165) is 31.4 Å². The normalized spacial score (nSPS) is 14.2. The first kappa shape index (κ1) is 12.8. The lowest BCUT2D eigenvalue weighted by Crippen LogP contribution is -2.23. The van der Waals surface area contributed by atoms with Gasteiger partial charge < -0.3 is 10.1 Å². The van der Waals surface area contributed by atoms with Gasteiger partial charge in [0, 0.05) is 18.7 Å². The summed E-state index contributed by atoms with van der Waals surface area (Å²) in [6, 6.07) is 6.17. The third kappa shape index (κ3) is 3.17. The molecule has 96 valence electrons. The summed E-state index contributed by atoms with van der Waals surface area (Å²) in [6.45, 7) is 1.34. The molecule has 1 heterocycles. The number of likely N-dealkylation sites (N-methyl/N-ethyl adjacent to an activating group) is 1. The number of aryl methyl sites for hydroxylation is 1. The summed E-state index contributed by atoms with van der Waals surface area (Å²) in [5.74, 6) is 0.0981. The fourth-order valence-corrected chi connectivity index (χ4v) is 2.13. The number of nitrogens with zero attached hydrogens (tertiary/aromatic N) is 1. The van der Waals surface area contributed by atoms with Crippen LogP contribution in [0.5, 0.6) is 0 Å². The maximum atomic E-state index is 11.2. The highest BCUT2D eigenvalue weighted by Gasteiger charge is 2.14. The minimum atomic E-state index is 0.0981. The second-order valence-electron chi connectivity index (χ2n) is 4.72. The maximum Gasteiger partial charge on any atom is 0.224 e. The SMILES string of the molecule is CN(CC=O)CCc1ccc2c(c1)CCC(=O)N2. The summed E-state index contributed by atoms with van der Waals surface area (Å²) in [7, 11) is 1.94. The van der Waals surface area contributed by atoms with E-state index in [1.807, 2.05) is 24.1 Å². The van der Waals surface area contributed by atoms with Crippen LogP contribution in [0.15, 0.2) is 18.2 Å². The molecule has 1 amide bonds. The molecule has 0 saturated carbocycles. The first-order valence-corrected chi connectivity index (χ1v) is 6.23. The number of amides is 1. The van der Waals surface area contributed by atoms with Crippen LogP contribution in [-0.4, -0.2) is 37.2 Å². The number of rotatable bonds is 5. The van der Waals surface area contributed by atoms with Crippen LogP contribution in [-0.2, 0) is 22.4 Å². The van der Waals surface area contributed by atoms with Gasteiger partial charge in [-0.1, -0.05) is 12.1 Å². The van der Waals surface area contributed by atoms with E-state index in [9.17, 15) is 9.59 Å². The smallest absolute Gasteiger partial charge is 0.224 e. The number of carbonyl (C=O) groups is 2. The summed E-state index contributed by atoms with van der Waals surface area (Å²) in [5.41, 5.74) is 3.41. The predicted molar refractivity (Wildman–Crippen MR) is 70.7 cm³/mol. The Morgan fingerprint density at radius 2 is 2.22 bits per heavy atom. The molecule has 0 saturated heterocycles. The van der Waals surface area contributed by atoms with Crippen molar-refractivity contribution in [3.8, 4) is 0 Å². The van der Waals surface area contributed by atoms with Gasteiger partial charge in [-0.05, 0) is 37.1 Å². The number of anilines is 1. The van der Waals surface area contributed by atoms with Crippen molar-refractivity contribution in [1.29, 1.82) is 0 Å². The molecule has 1 N–H and O–H groups in total. The largest absolute Gasteiger partial charge is 0.326 e. The molecule has 1 aromatic rings. The van der Waals surface area contributed by atoms with Gasteiger partial charge in [-0.15, -0.1) is 0 Å². The molecule has 0 aliphatic carbocycles. The molecular weight excluding hydrogens is 228 g/mol. The quantitative estimate of drug-likeness (QED) is 0.795. The molecule has 0 radical (unpaired) electrons. The monoisotopic (exact) mass is 246 g/mol. The highest BCUT2D eigenvalue weighted by atomic mass is 16.1. The molecule has 1 aliphatic heterocycles. The molecule has 0 spiro atoms. The Morgan fingerprint density at radius 3 is 3.00 bits per heavy atom. The minimum absolute atomic E-state index is 0.0981. The summed E-state index contributed by atoms with van der Waals surface area (Å²) in [5, 5.41) is 2.88. The van der Waals surface area contributed by atoms with E-state index in [4.69, 9.17) is 0 Å². The highest BCUT2D eigenvalue weighted by Crippen LogP contribution is 2.23. The number of hydrogen-bond acceptors (Lipinski definition) is 3. The zero-order valence-electron chi connectivity index (χ0n) is 10.6. The van der Waals surface area contributed by atoms with Gasteiger partial charge in [-0.3, -0.25) is 9.69 Å². The molecule has 0 bridgehead atoms. The van der Waals surface area contributed by atoms with E-state index in [1.54, 1.807) is 0 Å². The van der Waals surface area contributed by atoms with E-state index >= 15 is 0 Å². The van der Waals surface area contributed by atoms with Crippen molar-refractivity contribution in [2.24, 2.45) is 0 Å². The van der Waals surface area contributed by atoms with Crippen molar-refractivity contribution in [1.82, 2.24) is 4.90 Å². The molecule has 4 nitrogen and oxygen atoms in total. The summed E-state index contributed by atoms with van der Waals surface area (Å²) >= 11 is 0. The Kier molecular flexibility index (Phi) is 4.10. The van der Waals surface area contributed by atoms with Gasteiger partial charge in [0.25, 0.3) is 0 Å². The number of benzene rings is 1. The number of aldehydes is 1. The van der Waals surface area contributed by atoms with Crippen molar-refractivity contribution in [2.75, 3.05) is 25.5 Å². The highest BCUT2D eigenvalue weighted by molar-refractivity contribution is 5.93. The fraction of sp³-hybridized carbons (Fsp3) is 0.429. The van der Waals surface area contributed by atoms with Gasteiger partial charge in [0.2, 0.25) is 5.91 Å². The Bertz CT molecular complexity index is 457. The van der Waals surface area contributed by atoms with Crippen molar-refractivity contribution >= 4 is 17.9 Å². The van der Waals surface area contributed by atoms with E-state index in [-0.39, 0.29) is 5.91 Å². The minimum Gasteiger partial charge on any atom is -0.326 e. The summed E-state index contributed by atoms with van der Waals surface area (Å²) in [4.78, 5) is 23.6. The van der Waals surface area contributed by atoms with E-state index in [0.29, 0.717) is 13.0 Å². The van der Waals surface area contributed by atoms with Gasteiger partial charge >= 0.3 is 0 Å². The molecule has 0 atom stereocenters. The second kappa shape index (κ2) is 5.78. The average Bonchev–Trinajstić information content (AvgIpc) is 2.36. The van der Waals surface area contributed by atoms with Crippen molar-refractivity contribution in [2.45, 2.75) is 19.3 Å². The molecule has 1 aromatic carbocycles. The van der Waals surface area contributed by atoms with Crippen LogP contribution >= 0.6 is 0 Å². The van der Waals surface area contributed by atoms with Gasteiger partial charge in [0.15, 0.2) is 0 Å². The number of carbonyl (C=O) groups excluding carboxylic acids is 2. The fourth-order valence-electron chi connectivity index (χ4n) is 2.13. The lowest BCUT2D eigenvalue weighted by atomic mass is 9.99. The first-order chi connectivity index (χ1) is 8.69. The molecule has 1 aliphatic rings. The van der Waals surface area contributed by atoms with E-state index in [2.05, 4.69) is 11.4 Å². The van der Waals surface area contributed by atoms with Gasteiger partial charge in [0.1, 0.15) is 6.29 Å². The number of fused-ring (bicyclic) bond motifs is 1. The van der Waals surface area contributed by atoms with E-state index < -0.39 is 0 Å². The van der Waals surface area contributed by atoms with Crippen LogP contribution in [0.3, 0.4) is 0 Å². The Labute approximate surface area is 107 Å². The second-order valence-corrected chi connectivity index (χ2v) is 4.72. The molecule has 0 fully saturated rings. The van der Waals surface area contributed by atoms with Crippen LogP contribution in [0.1, 0.15) is 17.5 Å². The predicted octanol–water partition coefficient (Wildman–Crippen LogP) is 1.24. The number of nitrogens with one attached hydrogen (secondary N) is 1. The zero-order valence-corrected chi connectivity index (χ0v) is 10.6. The zero-order chi connectivity index (χ0) is 13.0. The van der Waals surface area contributed by atoms with Gasteiger partial charge in [0.05, 0.1) is 6.54 Å². The average molecular weight is 246 g/mol. The van der Waals surface area contributed by atoms with E-state index in [1.165, 1.54) is 11.1 Å². The molecule has 0 aromatic heterocycles. The molecule has 0 unspecified atom stereocenters. The summed E-state index contributed by atoms with van der Waals surface area (Å²) < 4.78 is 0. The molecule has 18 heavy (non-hydrogen) atoms. The maximum absolute atomic E-state index is 11.2. The molecule has 2 rings (SSSR count). The van der Waals surface area contributed by atoms with Crippen LogP contribution in [0.2, 0.25) is 0 Å². The molecular formula is C14H18N2O2. The number of hydrogen-bond donors (Lipinski definition) is 1. The topological polar surface area (TPSA) is 49.4 Å². The van der Waals surface area contributed by atoms with Crippen molar-refractivity contribution in [3.63, 3.8) is 0 Å². The first-order valence-electron chi connectivity index (χ1n) is 6.23. The third-order valence-electron chi connectivity index (χ3n) is 3.23. The lowest BCUT2D eigenvalue weighted by molar-refractivity contribution is -0.116. The molecule has 4 heteroatoms. The van der Waals surface area contributed by atoms with Gasteiger partial charge in [-0.2, -0.15) is 0 Å². The van der Waals surface area contributed by atoms with Crippen LogP contribution in [0, 0.1) is 0 Å². The Morgan fingerprint density at radius 1 is 1.39 bits per heavy atom. The van der Waals surface area contributed by atoms with Crippen LogP contribution < -0.4 is 5.32 Å². The Hall–Kier alpha value is -1.68. The standard InChI is InChI=1S/C14H18N2O2/c1-16(8-9-17)7-6-11-2-4-13-12(10-11)3-5-14(18)15-13/h2,4,9-10H,3,5-8H2,1H3,(H,15,18). The van der Waals surface area contributed by atoms with Crippen molar-refractivity contribution < 1.29 is 9.59 Å². The van der Waals surface area contributed by atoms with Crippen LogP contribution in [0.4, 0.5) is 5.69 Å². The third-order valence-corrected chi connectivity index (χ3v) is 3.23.